The third-order valence-electron chi connectivity index (χ3n) is 3.94. The lowest BCUT2D eigenvalue weighted by atomic mass is 10.1. The summed E-state index contributed by atoms with van der Waals surface area (Å²) in [6, 6.07) is 4.33. The zero-order valence-corrected chi connectivity index (χ0v) is 14.0. The van der Waals surface area contributed by atoms with E-state index in [-0.39, 0.29) is 11.3 Å². The lowest BCUT2D eigenvalue weighted by molar-refractivity contribution is -0.523. The molecule has 0 saturated carbocycles. The third-order valence-corrected chi connectivity index (χ3v) is 3.94. The molecule has 1 unspecified atom stereocenters. The molecular formula is C16H22N2O5. The molecule has 1 aliphatic rings. The van der Waals surface area contributed by atoms with Crippen LogP contribution in [0, 0.1) is 0 Å². The van der Waals surface area contributed by atoms with Crippen molar-refractivity contribution in [2.45, 2.75) is 19.9 Å². The van der Waals surface area contributed by atoms with Gasteiger partial charge in [-0.05, 0) is 25.1 Å². The Morgan fingerprint density at radius 3 is 2.30 bits per heavy atom. The molecule has 0 amide bonds. The van der Waals surface area contributed by atoms with Gasteiger partial charge in [0, 0.05) is 12.5 Å². The van der Waals surface area contributed by atoms with E-state index in [2.05, 4.69) is 37.4 Å². The molecule has 1 aromatic carbocycles. The van der Waals surface area contributed by atoms with Crippen molar-refractivity contribution in [2.75, 3.05) is 27.7 Å². The third kappa shape index (κ3) is 4.45. The number of carbonyl (C=O) groups excluding carboxylic acids is 1. The second kappa shape index (κ2) is 7.62. The van der Waals surface area contributed by atoms with Gasteiger partial charge < -0.3 is 19.7 Å². The van der Waals surface area contributed by atoms with E-state index in [9.17, 15) is 14.7 Å². The molecule has 1 heterocycles. The average molecular weight is 322 g/mol. The standard InChI is InChI=1S/C9H8O5.C7H15N2/c1-14-5-2-3-6(8(10)11)7(4-5)9(12)13;1-6-5-8(3)7(2)9(6)4/h2-4H,1H3,(H,10,11)(H,12,13);6H,5H2,1-4H3/q;+1/p-1. The van der Waals surface area contributed by atoms with E-state index >= 15 is 0 Å². The highest BCUT2D eigenvalue weighted by molar-refractivity contribution is 6.01. The second-order valence-corrected chi connectivity index (χ2v) is 5.39. The predicted octanol–water partition coefficient (Wildman–Crippen LogP) is 0.138. The van der Waals surface area contributed by atoms with Crippen LogP contribution in [0.1, 0.15) is 34.6 Å². The smallest absolute Gasteiger partial charge is 0.336 e. The van der Waals surface area contributed by atoms with E-state index < -0.39 is 17.5 Å². The first-order valence-electron chi connectivity index (χ1n) is 7.09. The minimum atomic E-state index is -1.54. The second-order valence-electron chi connectivity index (χ2n) is 5.39. The normalized spacial score (nSPS) is 16.7. The van der Waals surface area contributed by atoms with Crippen molar-refractivity contribution >= 4 is 17.8 Å². The summed E-state index contributed by atoms with van der Waals surface area (Å²) in [4.78, 5) is 23.4. The van der Waals surface area contributed by atoms with Gasteiger partial charge in [0.05, 0.1) is 32.7 Å². The average Bonchev–Trinajstić information content (AvgIpc) is 2.73. The van der Waals surface area contributed by atoms with E-state index in [0.717, 1.165) is 12.1 Å². The van der Waals surface area contributed by atoms with Gasteiger partial charge in [0.15, 0.2) is 0 Å². The van der Waals surface area contributed by atoms with Crippen LogP contribution in [0.3, 0.4) is 0 Å². The number of carboxylic acids is 2. The molecule has 126 valence electrons. The maximum absolute atomic E-state index is 10.6. The Morgan fingerprint density at radius 1 is 1.39 bits per heavy atom. The summed E-state index contributed by atoms with van der Waals surface area (Å²) in [6.45, 7) is 5.57. The maximum Gasteiger partial charge on any atom is 0.336 e. The van der Waals surface area contributed by atoms with Gasteiger partial charge in [0.1, 0.15) is 18.3 Å². The van der Waals surface area contributed by atoms with Crippen LogP contribution < -0.4 is 9.84 Å². The number of benzene rings is 1. The summed E-state index contributed by atoms with van der Waals surface area (Å²) in [5, 5.41) is 19.2. The number of methoxy groups -OCH3 is 1. The van der Waals surface area contributed by atoms with Crippen molar-refractivity contribution in [1.82, 2.24) is 4.90 Å². The van der Waals surface area contributed by atoms with Crippen LogP contribution in [0.5, 0.6) is 5.75 Å². The quantitative estimate of drug-likeness (QED) is 0.796. The molecule has 1 atom stereocenters. The number of hydrogen-bond acceptors (Lipinski definition) is 5. The molecule has 1 N–H and O–H groups in total. The number of hydrogen-bond donors (Lipinski definition) is 1. The number of rotatable bonds is 3. The number of ether oxygens (including phenoxy) is 1. The lowest BCUT2D eigenvalue weighted by Gasteiger charge is -2.08. The van der Waals surface area contributed by atoms with Crippen molar-refractivity contribution in [2.24, 2.45) is 0 Å². The molecule has 7 heteroatoms. The summed E-state index contributed by atoms with van der Waals surface area (Å²) < 4.78 is 7.06. The number of carboxylic acid groups (broad SMARTS) is 2. The minimum Gasteiger partial charge on any atom is -0.545 e. The van der Waals surface area contributed by atoms with Gasteiger partial charge in [-0.3, -0.25) is 9.48 Å². The van der Waals surface area contributed by atoms with Crippen molar-refractivity contribution in [1.29, 1.82) is 0 Å². The summed E-state index contributed by atoms with van der Waals surface area (Å²) in [5.41, 5.74) is -0.706. The van der Waals surface area contributed by atoms with Crippen LogP contribution in [0.15, 0.2) is 18.2 Å². The Kier molecular flexibility index (Phi) is 6.12. The zero-order valence-electron chi connectivity index (χ0n) is 14.0. The topological polar surface area (TPSA) is 92.9 Å². The Bertz CT molecular complexity index is 623. The van der Waals surface area contributed by atoms with E-state index in [1.807, 2.05) is 0 Å². The molecule has 0 saturated heterocycles. The highest BCUT2D eigenvalue weighted by Crippen LogP contribution is 2.17. The Balaban J connectivity index is 0.000000253. The first kappa shape index (κ1) is 18.5. The number of nitrogens with zero attached hydrogens (tertiary/aromatic N) is 2. The Hall–Kier alpha value is -2.57. The fraction of sp³-hybridized carbons (Fsp3) is 0.438. The largest absolute Gasteiger partial charge is 0.545 e. The van der Waals surface area contributed by atoms with Gasteiger partial charge >= 0.3 is 5.97 Å². The summed E-state index contributed by atoms with van der Waals surface area (Å²) >= 11 is 0. The summed E-state index contributed by atoms with van der Waals surface area (Å²) in [5.74, 6) is -1.20. The molecular weight excluding hydrogens is 300 g/mol. The van der Waals surface area contributed by atoms with Gasteiger partial charge in [-0.15, -0.1) is 0 Å². The Morgan fingerprint density at radius 2 is 2.00 bits per heavy atom. The molecule has 1 aliphatic heterocycles. The van der Waals surface area contributed by atoms with E-state index in [0.29, 0.717) is 6.04 Å². The number of amidine groups is 1. The van der Waals surface area contributed by atoms with Crippen molar-refractivity contribution in [3.05, 3.63) is 29.3 Å². The van der Waals surface area contributed by atoms with Crippen molar-refractivity contribution < 1.29 is 29.1 Å². The Labute approximate surface area is 135 Å². The molecule has 2 rings (SSSR count). The fourth-order valence-corrected chi connectivity index (χ4v) is 2.24. The van der Waals surface area contributed by atoms with Crippen LogP contribution >= 0.6 is 0 Å². The first-order chi connectivity index (χ1) is 10.7. The van der Waals surface area contributed by atoms with Gasteiger partial charge in [-0.1, -0.05) is 0 Å². The monoisotopic (exact) mass is 322 g/mol. The van der Waals surface area contributed by atoms with Crippen LogP contribution in [0.25, 0.3) is 0 Å². The van der Waals surface area contributed by atoms with Crippen LogP contribution in [0.4, 0.5) is 0 Å². The van der Waals surface area contributed by atoms with Crippen LogP contribution in [0.2, 0.25) is 0 Å². The molecule has 0 radical (unpaired) electrons. The van der Waals surface area contributed by atoms with Crippen molar-refractivity contribution in [3.63, 3.8) is 0 Å². The van der Waals surface area contributed by atoms with Crippen LogP contribution in [-0.4, -0.2) is 66.1 Å². The molecule has 1 aromatic rings. The maximum atomic E-state index is 10.6. The SMILES string of the molecule is CC1=[N+](C)C(C)CN1C.COc1ccc(C(=O)O)c(C(=O)[O-])c1. The number of carbonyl (C=O) groups is 2. The molecule has 0 bridgehead atoms. The van der Waals surface area contributed by atoms with Gasteiger partial charge in [-0.2, -0.15) is 0 Å². The highest BCUT2D eigenvalue weighted by Gasteiger charge is 2.26. The molecule has 23 heavy (non-hydrogen) atoms. The molecule has 0 aliphatic carbocycles. The predicted molar refractivity (Wildman–Crippen MR) is 83.2 cm³/mol. The highest BCUT2D eigenvalue weighted by atomic mass is 16.5. The molecule has 0 spiro atoms. The van der Waals surface area contributed by atoms with Crippen molar-refractivity contribution in [3.8, 4) is 5.75 Å². The first-order valence-corrected chi connectivity index (χ1v) is 7.09. The molecule has 0 aromatic heterocycles. The lowest BCUT2D eigenvalue weighted by Crippen LogP contribution is -2.25. The number of aromatic carboxylic acids is 2. The van der Waals surface area contributed by atoms with Gasteiger partial charge in [0.25, 0.3) is 0 Å². The fourth-order valence-electron chi connectivity index (χ4n) is 2.24. The zero-order chi connectivity index (χ0) is 17.7. The van der Waals surface area contributed by atoms with E-state index in [4.69, 9.17) is 9.84 Å². The molecule has 7 nitrogen and oxygen atoms in total. The molecule has 0 fully saturated rings. The van der Waals surface area contributed by atoms with E-state index in [1.165, 1.54) is 25.6 Å². The number of likely N-dealkylation sites (N-methyl/N-ethyl adjacent to an activating group) is 2. The minimum absolute atomic E-state index is 0.272. The summed E-state index contributed by atoms with van der Waals surface area (Å²) in [7, 11) is 5.63. The van der Waals surface area contributed by atoms with Crippen LogP contribution in [-0.2, 0) is 0 Å². The van der Waals surface area contributed by atoms with Gasteiger partial charge in [-0.25, -0.2) is 4.79 Å². The van der Waals surface area contributed by atoms with E-state index in [1.54, 1.807) is 0 Å². The van der Waals surface area contributed by atoms with Gasteiger partial charge in [0.2, 0.25) is 5.84 Å². The summed E-state index contributed by atoms with van der Waals surface area (Å²) in [6.07, 6.45) is 0.